The highest BCUT2D eigenvalue weighted by Crippen LogP contribution is 2.32. The Balaban J connectivity index is 1.97. The van der Waals surface area contributed by atoms with Crippen molar-refractivity contribution in [2.75, 3.05) is 0 Å². The van der Waals surface area contributed by atoms with Gasteiger partial charge in [-0.25, -0.2) is 17.8 Å². The first-order valence-corrected chi connectivity index (χ1v) is 11.0. The van der Waals surface area contributed by atoms with E-state index in [1.807, 2.05) is 4.72 Å². The van der Waals surface area contributed by atoms with Crippen molar-refractivity contribution < 1.29 is 13.2 Å². The van der Waals surface area contributed by atoms with Crippen LogP contribution in [0.2, 0.25) is 25.1 Å². The summed E-state index contributed by atoms with van der Waals surface area (Å²) >= 11 is 30.0. The second-order valence-electron chi connectivity index (χ2n) is 5.66. The van der Waals surface area contributed by atoms with Crippen molar-refractivity contribution in [2.24, 2.45) is 0 Å². The maximum Gasteiger partial charge on any atom is 0.287 e. The van der Waals surface area contributed by atoms with Gasteiger partial charge in [0.05, 0.1) is 20.8 Å². The smallest absolute Gasteiger partial charge is 0.266 e. The van der Waals surface area contributed by atoms with Gasteiger partial charge in [-0.2, -0.15) is 0 Å². The van der Waals surface area contributed by atoms with E-state index in [1.165, 1.54) is 35.9 Å². The van der Waals surface area contributed by atoms with Gasteiger partial charge in [0.15, 0.2) is 5.69 Å². The number of hydrogen-bond acceptors (Lipinski definition) is 5. The maximum atomic E-state index is 12.6. The van der Waals surface area contributed by atoms with Crippen molar-refractivity contribution in [2.45, 2.75) is 11.8 Å². The molecule has 0 aliphatic carbocycles. The van der Waals surface area contributed by atoms with Crippen LogP contribution in [0, 0.1) is 6.92 Å². The van der Waals surface area contributed by atoms with Crippen LogP contribution in [0.4, 0.5) is 0 Å². The molecular weight excluding hydrogens is 506 g/mol. The van der Waals surface area contributed by atoms with E-state index in [1.54, 1.807) is 0 Å². The molecule has 3 rings (SSSR count). The lowest BCUT2D eigenvalue weighted by molar-refractivity contribution is 0.0976. The van der Waals surface area contributed by atoms with Gasteiger partial charge in [-0.05, 0) is 37.3 Å². The molecule has 152 valence electrons. The van der Waals surface area contributed by atoms with Crippen LogP contribution in [0.15, 0.2) is 35.2 Å². The highest BCUT2D eigenvalue weighted by atomic mass is 35.5. The number of amides is 1. The molecule has 0 bridgehead atoms. The predicted octanol–water partition coefficient (Wildman–Crippen LogP) is 4.96. The quantitative estimate of drug-likeness (QED) is 0.531. The van der Waals surface area contributed by atoms with Gasteiger partial charge < -0.3 is 0 Å². The molecule has 13 heteroatoms. The SMILES string of the molecule is Cc1c(C(=O)NS(=O)(=O)c2cc(Cl)ccc2Cl)nnn1-c1c(Cl)cc(Cl)cc1Cl. The average molecular weight is 515 g/mol. The molecule has 7 nitrogen and oxygen atoms in total. The standard InChI is InChI=1S/C16H9Cl5N4O3S/c1-7-14(22-24-25(7)15-11(20)4-9(18)5-12(15)21)16(26)23-29(27,28)13-6-8(17)2-3-10(13)19/h2-6H,1H3,(H,23,26). The molecule has 0 aliphatic rings. The van der Waals surface area contributed by atoms with E-state index >= 15 is 0 Å². The Morgan fingerprint density at radius 3 is 2.21 bits per heavy atom. The first-order chi connectivity index (χ1) is 13.5. The van der Waals surface area contributed by atoms with E-state index in [9.17, 15) is 13.2 Å². The Morgan fingerprint density at radius 2 is 1.59 bits per heavy atom. The van der Waals surface area contributed by atoms with Gasteiger partial charge >= 0.3 is 0 Å². The van der Waals surface area contributed by atoms with Crippen molar-refractivity contribution in [3.05, 3.63) is 66.8 Å². The monoisotopic (exact) mass is 512 g/mol. The van der Waals surface area contributed by atoms with E-state index in [0.29, 0.717) is 5.02 Å². The summed E-state index contributed by atoms with van der Waals surface area (Å²) in [5.41, 5.74) is 0.178. The van der Waals surface area contributed by atoms with E-state index in [0.717, 1.165) is 6.07 Å². The lowest BCUT2D eigenvalue weighted by Crippen LogP contribution is -2.31. The number of halogens is 5. The molecule has 1 N–H and O–H groups in total. The van der Waals surface area contributed by atoms with Crippen molar-refractivity contribution in [1.29, 1.82) is 0 Å². The molecule has 0 radical (unpaired) electrons. The van der Waals surface area contributed by atoms with Crippen molar-refractivity contribution >= 4 is 73.9 Å². The Bertz CT molecular complexity index is 1220. The molecule has 29 heavy (non-hydrogen) atoms. The molecule has 0 saturated heterocycles. The zero-order valence-corrected chi connectivity index (χ0v) is 18.8. The molecular formula is C16H9Cl5N4O3S. The minimum absolute atomic E-state index is 0.102. The fraction of sp³-hybridized carbons (Fsp3) is 0.0625. The van der Waals surface area contributed by atoms with Crippen LogP contribution >= 0.6 is 58.0 Å². The van der Waals surface area contributed by atoms with Crippen molar-refractivity contribution in [1.82, 2.24) is 19.7 Å². The second kappa shape index (κ2) is 8.29. The number of benzene rings is 2. The van der Waals surface area contributed by atoms with Gasteiger partial charge in [-0.15, -0.1) is 5.10 Å². The number of nitrogens with zero attached hydrogens (tertiary/aromatic N) is 3. The average Bonchev–Trinajstić information content (AvgIpc) is 2.97. The van der Waals surface area contributed by atoms with Crippen LogP contribution in [0.5, 0.6) is 0 Å². The van der Waals surface area contributed by atoms with Crippen LogP contribution in [-0.2, 0) is 10.0 Å². The van der Waals surface area contributed by atoms with Crippen molar-refractivity contribution in [3.63, 3.8) is 0 Å². The van der Waals surface area contributed by atoms with E-state index in [-0.39, 0.29) is 42.1 Å². The lowest BCUT2D eigenvalue weighted by Gasteiger charge is -2.10. The first-order valence-electron chi connectivity index (χ1n) is 7.60. The van der Waals surface area contributed by atoms with E-state index in [4.69, 9.17) is 58.0 Å². The number of hydrogen-bond donors (Lipinski definition) is 1. The molecule has 1 aromatic heterocycles. The Labute approximate surface area is 190 Å². The van der Waals surface area contributed by atoms with Gasteiger partial charge in [0, 0.05) is 10.0 Å². The zero-order valence-electron chi connectivity index (χ0n) is 14.3. The molecule has 0 aliphatic heterocycles. The molecule has 2 aromatic carbocycles. The summed E-state index contributed by atoms with van der Waals surface area (Å²) in [6.45, 7) is 1.50. The lowest BCUT2D eigenvalue weighted by atomic mass is 10.3. The highest BCUT2D eigenvalue weighted by Gasteiger charge is 2.26. The molecule has 0 fully saturated rings. The van der Waals surface area contributed by atoms with Crippen LogP contribution < -0.4 is 4.72 Å². The number of aromatic nitrogens is 3. The van der Waals surface area contributed by atoms with Gasteiger partial charge in [-0.1, -0.05) is 63.2 Å². The van der Waals surface area contributed by atoms with E-state index < -0.39 is 15.9 Å². The first kappa shape index (κ1) is 22.1. The van der Waals surface area contributed by atoms with Crippen molar-refractivity contribution in [3.8, 4) is 5.69 Å². The highest BCUT2D eigenvalue weighted by molar-refractivity contribution is 7.90. The fourth-order valence-corrected chi connectivity index (χ4v) is 5.09. The van der Waals surface area contributed by atoms with E-state index in [2.05, 4.69) is 10.3 Å². The summed E-state index contributed by atoms with van der Waals surface area (Å²) in [5, 5.41) is 8.26. The summed E-state index contributed by atoms with van der Waals surface area (Å²) in [4.78, 5) is 12.2. The number of carbonyl (C=O) groups excluding carboxylic acids is 1. The van der Waals surface area contributed by atoms with Crippen LogP contribution in [0.3, 0.4) is 0 Å². The molecule has 0 saturated carbocycles. The normalized spacial score (nSPS) is 11.5. The van der Waals surface area contributed by atoms with Gasteiger partial charge in [0.25, 0.3) is 15.9 Å². The number of sulfonamides is 1. The topological polar surface area (TPSA) is 93.9 Å². The third-order valence-electron chi connectivity index (χ3n) is 3.71. The second-order valence-corrected chi connectivity index (χ2v) is 9.41. The minimum Gasteiger partial charge on any atom is -0.266 e. The molecule has 1 heterocycles. The van der Waals surface area contributed by atoms with Crippen LogP contribution in [0.25, 0.3) is 5.69 Å². The van der Waals surface area contributed by atoms with Gasteiger partial charge in [-0.3, -0.25) is 4.79 Å². The van der Waals surface area contributed by atoms with Crippen LogP contribution in [-0.4, -0.2) is 29.3 Å². The molecule has 0 spiro atoms. The Hall–Kier alpha value is -1.55. The fourth-order valence-electron chi connectivity index (χ4n) is 2.40. The van der Waals surface area contributed by atoms with Crippen LogP contribution in [0.1, 0.15) is 16.2 Å². The molecule has 0 unspecified atom stereocenters. The maximum absolute atomic E-state index is 12.6. The minimum atomic E-state index is -4.32. The largest absolute Gasteiger partial charge is 0.287 e. The number of nitrogens with one attached hydrogen (secondary N) is 1. The summed E-state index contributed by atoms with van der Waals surface area (Å²) in [7, 11) is -4.32. The summed E-state index contributed by atoms with van der Waals surface area (Å²) < 4.78 is 28.2. The summed E-state index contributed by atoms with van der Waals surface area (Å²) in [5.74, 6) is -1.02. The molecule has 1 amide bonds. The van der Waals surface area contributed by atoms with Gasteiger partial charge in [0.2, 0.25) is 0 Å². The summed E-state index contributed by atoms with van der Waals surface area (Å²) in [6.07, 6.45) is 0. The third kappa shape index (κ3) is 4.47. The number of carbonyl (C=O) groups is 1. The number of rotatable bonds is 4. The zero-order chi connectivity index (χ0) is 21.5. The molecule has 3 aromatic rings. The predicted molar refractivity (Wildman–Crippen MR) is 112 cm³/mol. The van der Waals surface area contributed by atoms with Gasteiger partial charge in [0.1, 0.15) is 10.6 Å². The summed E-state index contributed by atoms with van der Waals surface area (Å²) in [6, 6.07) is 6.72. The molecule has 0 atom stereocenters. The third-order valence-corrected chi connectivity index (χ3v) is 6.56. The Kier molecular flexibility index (Phi) is 6.33. The Morgan fingerprint density at radius 1 is 0.966 bits per heavy atom.